The summed E-state index contributed by atoms with van der Waals surface area (Å²) in [5.74, 6) is -3.57. The SMILES string of the molecule is COc1c(O)cc2c(c1O)C(=O)O[C@H](C)[C@H]2c1c(O)cc(O)cc1CC(C)=O. The van der Waals surface area contributed by atoms with E-state index in [1.165, 1.54) is 26.2 Å². The fourth-order valence-electron chi connectivity index (χ4n) is 3.71. The van der Waals surface area contributed by atoms with Gasteiger partial charge in [-0.3, -0.25) is 4.79 Å². The molecule has 0 aliphatic carbocycles. The second kappa shape index (κ2) is 6.95. The lowest BCUT2D eigenvalue weighted by Crippen LogP contribution is -2.31. The smallest absolute Gasteiger partial charge is 0.342 e. The molecule has 0 spiro atoms. The van der Waals surface area contributed by atoms with E-state index in [0.717, 1.165) is 6.07 Å². The molecule has 1 heterocycles. The zero-order valence-corrected chi connectivity index (χ0v) is 15.5. The summed E-state index contributed by atoms with van der Waals surface area (Å²) in [7, 11) is 1.23. The van der Waals surface area contributed by atoms with E-state index in [-0.39, 0.29) is 46.1 Å². The minimum absolute atomic E-state index is 0.0715. The van der Waals surface area contributed by atoms with Crippen LogP contribution in [0, 0.1) is 0 Å². The molecular weight excluding hydrogens is 368 g/mol. The summed E-state index contributed by atoms with van der Waals surface area (Å²) in [6.07, 6.45) is -0.855. The van der Waals surface area contributed by atoms with Gasteiger partial charge < -0.3 is 29.9 Å². The van der Waals surface area contributed by atoms with E-state index in [4.69, 9.17) is 9.47 Å². The Bertz CT molecular complexity index is 979. The topological polar surface area (TPSA) is 134 Å². The minimum Gasteiger partial charge on any atom is -0.508 e. The van der Waals surface area contributed by atoms with Gasteiger partial charge in [0.1, 0.15) is 28.9 Å². The van der Waals surface area contributed by atoms with Crippen LogP contribution in [0.2, 0.25) is 0 Å². The van der Waals surface area contributed by atoms with Crippen molar-refractivity contribution in [3.05, 3.63) is 40.5 Å². The van der Waals surface area contributed by atoms with Gasteiger partial charge in [-0.15, -0.1) is 0 Å². The highest BCUT2D eigenvalue weighted by molar-refractivity contribution is 5.97. The fourth-order valence-corrected chi connectivity index (χ4v) is 3.71. The van der Waals surface area contributed by atoms with Crippen LogP contribution in [0.4, 0.5) is 0 Å². The molecule has 8 nitrogen and oxygen atoms in total. The van der Waals surface area contributed by atoms with Gasteiger partial charge in [0.25, 0.3) is 0 Å². The van der Waals surface area contributed by atoms with Crippen molar-refractivity contribution in [3.63, 3.8) is 0 Å². The third kappa shape index (κ3) is 3.06. The Labute approximate surface area is 160 Å². The highest BCUT2D eigenvalue weighted by atomic mass is 16.5. The van der Waals surface area contributed by atoms with E-state index in [0.29, 0.717) is 5.56 Å². The fraction of sp³-hybridized carbons (Fsp3) is 0.300. The van der Waals surface area contributed by atoms with Gasteiger partial charge in [-0.25, -0.2) is 4.79 Å². The molecule has 4 N–H and O–H groups in total. The predicted octanol–water partition coefficient (Wildman–Crippen LogP) is 2.34. The van der Waals surface area contributed by atoms with E-state index in [2.05, 4.69) is 0 Å². The Hall–Kier alpha value is -3.42. The zero-order chi connectivity index (χ0) is 20.7. The average Bonchev–Trinajstić information content (AvgIpc) is 2.55. The Morgan fingerprint density at radius 3 is 2.43 bits per heavy atom. The molecule has 0 saturated heterocycles. The molecule has 0 unspecified atom stereocenters. The number of carbonyl (C=O) groups is 2. The maximum absolute atomic E-state index is 12.4. The van der Waals surface area contributed by atoms with Crippen molar-refractivity contribution >= 4 is 11.8 Å². The zero-order valence-electron chi connectivity index (χ0n) is 15.5. The largest absolute Gasteiger partial charge is 0.508 e. The standard InChI is InChI=1S/C20H20O8/c1-8(21)4-10-5-11(22)6-13(23)16(10)15-9(2)28-20(26)17-12(15)7-14(24)19(27-3)18(17)25/h5-7,9,15,22-25H,4H2,1-3H3/t9-,15-/m1/s1. The molecular formula is C20H20O8. The van der Waals surface area contributed by atoms with Gasteiger partial charge in [0.15, 0.2) is 11.5 Å². The number of benzene rings is 2. The van der Waals surface area contributed by atoms with Gasteiger partial charge in [0.2, 0.25) is 5.75 Å². The van der Waals surface area contributed by atoms with Crippen molar-refractivity contribution < 1.29 is 39.5 Å². The average molecular weight is 388 g/mol. The third-order valence-corrected chi connectivity index (χ3v) is 4.75. The number of phenolic OH excluding ortho intramolecular Hbond substituents is 4. The first-order chi connectivity index (χ1) is 13.1. The first-order valence-corrected chi connectivity index (χ1v) is 8.53. The summed E-state index contributed by atoms with van der Waals surface area (Å²) in [4.78, 5) is 24.1. The molecule has 28 heavy (non-hydrogen) atoms. The van der Waals surface area contributed by atoms with Crippen molar-refractivity contribution in [1.82, 2.24) is 0 Å². The van der Waals surface area contributed by atoms with Crippen LogP contribution < -0.4 is 4.74 Å². The number of Topliss-reactive ketones (excluding diaryl/α,β-unsaturated/α-hetero) is 1. The van der Waals surface area contributed by atoms with Gasteiger partial charge in [0.05, 0.1) is 13.0 Å². The summed E-state index contributed by atoms with van der Waals surface area (Å²) >= 11 is 0. The number of aromatic hydroxyl groups is 4. The van der Waals surface area contributed by atoms with E-state index < -0.39 is 29.5 Å². The summed E-state index contributed by atoms with van der Waals surface area (Å²) in [5.41, 5.74) is 0.628. The minimum atomic E-state index is -0.805. The number of ether oxygens (including phenoxy) is 2. The molecule has 0 fully saturated rings. The molecule has 0 bridgehead atoms. The summed E-state index contributed by atoms with van der Waals surface area (Å²) in [5, 5.41) is 41.0. The van der Waals surface area contributed by atoms with Gasteiger partial charge >= 0.3 is 5.97 Å². The molecule has 1 aliphatic rings. The number of phenols is 4. The van der Waals surface area contributed by atoms with Gasteiger partial charge in [-0.2, -0.15) is 0 Å². The predicted molar refractivity (Wildman–Crippen MR) is 97.2 cm³/mol. The maximum atomic E-state index is 12.4. The Kier molecular flexibility index (Phi) is 4.80. The highest BCUT2D eigenvalue weighted by Crippen LogP contribution is 2.50. The molecule has 1 aliphatic heterocycles. The third-order valence-electron chi connectivity index (χ3n) is 4.75. The van der Waals surface area contributed by atoms with Crippen LogP contribution >= 0.6 is 0 Å². The van der Waals surface area contributed by atoms with Crippen LogP contribution in [0.5, 0.6) is 28.7 Å². The molecule has 0 radical (unpaired) electrons. The van der Waals surface area contributed by atoms with Gasteiger partial charge in [-0.05, 0) is 37.1 Å². The number of hydrogen-bond acceptors (Lipinski definition) is 8. The summed E-state index contributed by atoms with van der Waals surface area (Å²) in [6, 6.07) is 3.73. The Balaban J connectivity index is 2.32. The molecule has 2 aromatic rings. The number of methoxy groups -OCH3 is 1. The number of carbonyl (C=O) groups excluding carboxylic acids is 2. The maximum Gasteiger partial charge on any atom is 0.342 e. The number of ketones is 1. The van der Waals surface area contributed by atoms with Crippen molar-refractivity contribution in [2.75, 3.05) is 7.11 Å². The number of rotatable bonds is 4. The molecule has 2 atom stereocenters. The lowest BCUT2D eigenvalue weighted by Gasteiger charge is -2.33. The van der Waals surface area contributed by atoms with Crippen molar-refractivity contribution in [2.45, 2.75) is 32.3 Å². The van der Waals surface area contributed by atoms with E-state index >= 15 is 0 Å². The van der Waals surface area contributed by atoms with Gasteiger partial charge in [-0.1, -0.05) is 0 Å². The first-order valence-electron chi connectivity index (χ1n) is 8.53. The van der Waals surface area contributed by atoms with Crippen molar-refractivity contribution in [1.29, 1.82) is 0 Å². The normalized spacial score (nSPS) is 18.3. The monoisotopic (exact) mass is 388 g/mol. The molecule has 148 valence electrons. The van der Waals surface area contributed by atoms with Crippen LogP contribution in [-0.2, 0) is 16.0 Å². The molecule has 3 rings (SSSR count). The first kappa shape index (κ1) is 19.3. The molecule has 2 aromatic carbocycles. The van der Waals surface area contributed by atoms with Crippen LogP contribution in [0.1, 0.15) is 46.8 Å². The van der Waals surface area contributed by atoms with Crippen LogP contribution in [0.25, 0.3) is 0 Å². The number of esters is 1. The van der Waals surface area contributed by atoms with Crippen molar-refractivity contribution in [3.8, 4) is 28.7 Å². The van der Waals surface area contributed by atoms with Gasteiger partial charge in [0, 0.05) is 18.1 Å². The van der Waals surface area contributed by atoms with E-state index in [1.54, 1.807) is 6.92 Å². The van der Waals surface area contributed by atoms with E-state index in [9.17, 15) is 30.0 Å². The molecule has 0 saturated carbocycles. The highest BCUT2D eigenvalue weighted by Gasteiger charge is 2.40. The number of fused-ring (bicyclic) bond motifs is 1. The summed E-state index contributed by atoms with van der Waals surface area (Å²) in [6.45, 7) is 2.96. The molecule has 0 amide bonds. The van der Waals surface area contributed by atoms with Crippen LogP contribution in [0.15, 0.2) is 18.2 Å². The Morgan fingerprint density at radius 1 is 1.14 bits per heavy atom. The molecule has 0 aromatic heterocycles. The second-order valence-electron chi connectivity index (χ2n) is 6.75. The van der Waals surface area contributed by atoms with Crippen LogP contribution in [0.3, 0.4) is 0 Å². The second-order valence-corrected chi connectivity index (χ2v) is 6.75. The summed E-state index contributed by atoms with van der Waals surface area (Å²) < 4.78 is 10.3. The van der Waals surface area contributed by atoms with Crippen LogP contribution in [-0.4, -0.2) is 45.4 Å². The quantitative estimate of drug-likeness (QED) is 0.587. The number of cyclic esters (lactones) is 1. The lowest BCUT2D eigenvalue weighted by molar-refractivity contribution is -0.116. The Morgan fingerprint density at radius 2 is 1.82 bits per heavy atom. The number of hydrogen-bond donors (Lipinski definition) is 4. The van der Waals surface area contributed by atoms with E-state index in [1.807, 2.05) is 0 Å². The molecule has 8 heteroatoms. The lowest BCUT2D eigenvalue weighted by atomic mass is 9.79. The van der Waals surface area contributed by atoms with Crippen molar-refractivity contribution in [2.24, 2.45) is 0 Å².